The number of halogens is 1. The van der Waals surface area contributed by atoms with E-state index in [-0.39, 0.29) is 0 Å². The number of nitrogens with two attached hydrogens (primary N) is 1. The minimum absolute atomic E-state index is 0.649. The van der Waals surface area contributed by atoms with Gasteiger partial charge in [-0.3, -0.25) is 0 Å². The summed E-state index contributed by atoms with van der Waals surface area (Å²) in [5.74, 6) is 0.931. The number of pyridine rings is 1. The van der Waals surface area contributed by atoms with Gasteiger partial charge < -0.3 is 10.6 Å². The average Bonchev–Trinajstić information content (AvgIpc) is 2.42. The molecule has 2 N–H and O–H groups in total. The van der Waals surface area contributed by atoms with Gasteiger partial charge in [0, 0.05) is 24.8 Å². The average molecular weight is 276 g/mol. The lowest BCUT2D eigenvalue weighted by molar-refractivity contribution is 0.889. The molecule has 2 aromatic rings. The van der Waals surface area contributed by atoms with Gasteiger partial charge >= 0.3 is 0 Å². The summed E-state index contributed by atoms with van der Waals surface area (Å²) in [5, 5.41) is 0.786. The molecule has 0 saturated carbocycles. The second-order valence-electron chi connectivity index (χ2n) is 4.51. The van der Waals surface area contributed by atoms with Crippen molar-refractivity contribution in [3.63, 3.8) is 0 Å². The molecule has 0 fully saturated rings. The van der Waals surface area contributed by atoms with Gasteiger partial charge in [-0.05, 0) is 36.2 Å². The Morgan fingerprint density at radius 1 is 1.21 bits per heavy atom. The maximum atomic E-state index is 6.16. The first-order valence-corrected chi connectivity index (χ1v) is 6.68. The highest BCUT2D eigenvalue weighted by Crippen LogP contribution is 2.19. The Bertz CT molecular complexity index is 525. The molecule has 0 atom stereocenters. The number of hydrogen-bond acceptors (Lipinski definition) is 3. The van der Waals surface area contributed by atoms with E-state index in [1.54, 1.807) is 0 Å². The van der Waals surface area contributed by atoms with Gasteiger partial charge in [0.05, 0.1) is 0 Å². The third-order valence-electron chi connectivity index (χ3n) is 3.00. The van der Waals surface area contributed by atoms with Gasteiger partial charge in [-0.25, -0.2) is 4.98 Å². The zero-order valence-corrected chi connectivity index (χ0v) is 11.8. The predicted octanol–water partition coefficient (Wildman–Crippen LogP) is 2.87. The van der Waals surface area contributed by atoms with Gasteiger partial charge in [0.1, 0.15) is 5.82 Å². The van der Waals surface area contributed by atoms with Crippen LogP contribution in [0.3, 0.4) is 0 Å². The van der Waals surface area contributed by atoms with Crippen molar-refractivity contribution in [1.82, 2.24) is 4.98 Å². The molecule has 100 valence electrons. The maximum Gasteiger partial charge on any atom is 0.128 e. The summed E-state index contributed by atoms with van der Waals surface area (Å²) < 4.78 is 0. The molecule has 0 bridgehead atoms. The third-order valence-corrected chi connectivity index (χ3v) is 3.37. The van der Waals surface area contributed by atoms with Crippen LogP contribution < -0.4 is 10.6 Å². The highest BCUT2D eigenvalue weighted by Gasteiger charge is 2.06. The zero-order chi connectivity index (χ0) is 13.7. The van der Waals surface area contributed by atoms with Crippen molar-refractivity contribution in [3.05, 3.63) is 58.7 Å². The van der Waals surface area contributed by atoms with Crippen LogP contribution in [-0.4, -0.2) is 18.6 Å². The second kappa shape index (κ2) is 6.55. The van der Waals surface area contributed by atoms with E-state index in [0.717, 1.165) is 34.9 Å². The van der Waals surface area contributed by atoms with Crippen LogP contribution in [0.25, 0.3) is 0 Å². The lowest BCUT2D eigenvalue weighted by Crippen LogP contribution is -2.18. The van der Waals surface area contributed by atoms with Crippen LogP contribution in [0.2, 0.25) is 5.02 Å². The van der Waals surface area contributed by atoms with Crippen molar-refractivity contribution < 1.29 is 0 Å². The standard InChI is InChI=1S/C15H18ClN3/c1-19(11-13-4-2-3-5-14(13)16)15-7-6-12(8-9-17)10-18-15/h2-7,10H,8-9,11,17H2,1H3. The number of rotatable bonds is 5. The molecule has 2 rings (SSSR count). The van der Waals surface area contributed by atoms with Crippen LogP contribution in [0, 0.1) is 0 Å². The van der Waals surface area contributed by atoms with Gasteiger partial charge in [-0.15, -0.1) is 0 Å². The number of hydrogen-bond donors (Lipinski definition) is 1. The monoisotopic (exact) mass is 275 g/mol. The summed E-state index contributed by atoms with van der Waals surface area (Å²) >= 11 is 6.16. The van der Waals surface area contributed by atoms with E-state index in [0.29, 0.717) is 6.54 Å². The third kappa shape index (κ3) is 3.69. The van der Waals surface area contributed by atoms with Crippen molar-refractivity contribution in [2.24, 2.45) is 5.73 Å². The van der Waals surface area contributed by atoms with E-state index in [1.807, 2.05) is 43.6 Å². The highest BCUT2D eigenvalue weighted by molar-refractivity contribution is 6.31. The molecule has 0 saturated heterocycles. The molecule has 0 amide bonds. The first-order chi connectivity index (χ1) is 9.20. The number of anilines is 1. The fourth-order valence-corrected chi connectivity index (χ4v) is 2.12. The summed E-state index contributed by atoms with van der Waals surface area (Å²) in [5.41, 5.74) is 7.79. The molecule has 0 aliphatic rings. The molecule has 0 aliphatic heterocycles. The Hall–Kier alpha value is -1.58. The molecular weight excluding hydrogens is 258 g/mol. The number of nitrogens with zero attached hydrogens (tertiary/aromatic N) is 2. The van der Waals surface area contributed by atoms with Crippen LogP contribution in [0.15, 0.2) is 42.6 Å². The Morgan fingerprint density at radius 2 is 2.00 bits per heavy atom. The minimum Gasteiger partial charge on any atom is -0.355 e. The largest absolute Gasteiger partial charge is 0.355 e. The molecule has 0 radical (unpaired) electrons. The lowest BCUT2D eigenvalue weighted by atomic mass is 10.2. The van der Waals surface area contributed by atoms with E-state index < -0.39 is 0 Å². The molecule has 1 aromatic heterocycles. The summed E-state index contributed by atoms with van der Waals surface area (Å²) in [6, 6.07) is 11.9. The molecule has 0 unspecified atom stereocenters. The minimum atomic E-state index is 0.649. The fraction of sp³-hybridized carbons (Fsp3) is 0.267. The molecule has 1 aromatic carbocycles. The van der Waals surface area contributed by atoms with Crippen LogP contribution in [-0.2, 0) is 13.0 Å². The summed E-state index contributed by atoms with van der Waals surface area (Å²) in [7, 11) is 2.01. The summed E-state index contributed by atoms with van der Waals surface area (Å²) in [6.45, 7) is 1.39. The summed E-state index contributed by atoms with van der Waals surface area (Å²) in [6.07, 6.45) is 2.74. The predicted molar refractivity (Wildman–Crippen MR) is 80.6 cm³/mol. The molecule has 0 aliphatic carbocycles. The first kappa shape index (κ1) is 13.8. The van der Waals surface area contributed by atoms with Crippen LogP contribution in [0.5, 0.6) is 0 Å². The van der Waals surface area contributed by atoms with E-state index in [1.165, 1.54) is 0 Å². The number of benzene rings is 1. The smallest absolute Gasteiger partial charge is 0.128 e. The van der Waals surface area contributed by atoms with Gasteiger partial charge in [-0.1, -0.05) is 35.9 Å². The quantitative estimate of drug-likeness (QED) is 0.912. The molecule has 0 spiro atoms. The van der Waals surface area contributed by atoms with Gasteiger partial charge in [0.2, 0.25) is 0 Å². The van der Waals surface area contributed by atoms with Crippen molar-refractivity contribution >= 4 is 17.4 Å². The highest BCUT2D eigenvalue weighted by atomic mass is 35.5. The van der Waals surface area contributed by atoms with E-state index in [2.05, 4.69) is 16.0 Å². The Balaban J connectivity index is 2.07. The van der Waals surface area contributed by atoms with Crippen molar-refractivity contribution in [2.75, 3.05) is 18.5 Å². The Morgan fingerprint density at radius 3 is 2.63 bits per heavy atom. The second-order valence-corrected chi connectivity index (χ2v) is 4.92. The van der Waals surface area contributed by atoms with Crippen molar-refractivity contribution in [3.8, 4) is 0 Å². The molecule has 3 nitrogen and oxygen atoms in total. The van der Waals surface area contributed by atoms with Gasteiger partial charge in [0.25, 0.3) is 0 Å². The van der Waals surface area contributed by atoms with E-state index >= 15 is 0 Å². The van der Waals surface area contributed by atoms with E-state index in [4.69, 9.17) is 17.3 Å². The van der Waals surface area contributed by atoms with Gasteiger partial charge in [-0.2, -0.15) is 0 Å². The van der Waals surface area contributed by atoms with Crippen LogP contribution in [0.4, 0.5) is 5.82 Å². The molecule has 1 heterocycles. The van der Waals surface area contributed by atoms with Crippen LogP contribution >= 0.6 is 11.6 Å². The zero-order valence-electron chi connectivity index (χ0n) is 11.0. The molecular formula is C15H18ClN3. The lowest BCUT2D eigenvalue weighted by Gasteiger charge is -2.19. The van der Waals surface area contributed by atoms with Crippen LogP contribution in [0.1, 0.15) is 11.1 Å². The maximum absolute atomic E-state index is 6.16. The Kier molecular flexibility index (Phi) is 4.77. The fourth-order valence-electron chi connectivity index (χ4n) is 1.92. The van der Waals surface area contributed by atoms with Crippen molar-refractivity contribution in [2.45, 2.75) is 13.0 Å². The topological polar surface area (TPSA) is 42.1 Å². The molecule has 4 heteroatoms. The van der Waals surface area contributed by atoms with Gasteiger partial charge in [0.15, 0.2) is 0 Å². The van der Waals surface area contributed by atoms with Crippen molar-refractivity contribution in [1.29, 1.82) is 0 Å². The Labute approximate surface area is 119 Å². The molecule has 19 heavy (non-hydrogen) atoms. The summed E-state index contributed by atoms with van der Waals surface area (Å²) in [4.78, 5) is 6.53. The SMILES string of the molecule is CN(Cc1ccccc1Cl)c1ccc(CCN)cn1. The first-order valence-electron chi connectivity index (χ1n) is 6.30. The number of aromatic nitrogens is 1. The van der Waals surface area contributed by atoms with E-state index in [9.17, 15) is 0 Å². The normalized spacial score (nSPS) is 10.5.